The van der Waals surface area contributed by atoms with Gasteiger partial charge in [-0.1, -0.05) is 30.3 Å². The van der Waals surface area contributed by atoms with E-state index in [0.717, 1.165) is 25.9 Å². The zero-order valence-corrected chi connectivity index (χ0v) is 14.7. The Kier molecular flexibility index (Phi) is 4.51. The molecule has 5 nitrogen and oxygen atoms in total. The molecule has 0 amide bonds. The Morgan fingerprint density at radius 2 is 1.81 bits per heavy atom. The third-order valence-electron chi connectivity index (χ3n) is 5.71. The first kappa shape index (κ1) is 17.2. The first-order valence-corrected chi connectivity index (χ1v) is 9.18. The topological polar surface area (TPSA) is 73.7 Å². The summed E-state index contributed by atoms with van der Waals surface area (Å²) < 4.78 is 0. The van der Waals surface area contributed by atoms with E-state index in [1.165, 1.54) is 17.8 Å². The monoisotopic (exact) mass is 352 g/mol. The van der Waals surface area contributed by atoms with Crippen LogP contribution in [0.2, 0.25) is 0 Å². The number of aliphatic hydroxyl groups is 1. The third-order valence-corrected chi connectivity index (χ3v) is 5.71. The molecule has 2 N–H and O–H groups in total. The van der Waals surface area contributed by atoms with Crippen LogP contribution in [0.3, 0.4) is 0 Å². The van der Waals surface area contributed by atoms with Gasteiger partial charge in [0.05, 0.1) is 18.3 Å². The molecule has 4 rings (SSSR count). The highest BCUT2D eigenvalue weighted by Gasteiger charge is 2.48. The zero-order valence-electron chi connectivity index (χ0n) is 14.7. The summed E-state index contributed by atoms with van der Waals surface area (Å²) in [7, 11) is 0. The van der Waals surface area contributed by atoms with Crippen molar-refractivity contribution in [2.45, 2.75) is 24.9 Å². The average Bonchev–Trinajstić information content (AvgIpc) is 3.10. The summed E-state index contributed by atoms with van der Waals surface area (Å²) in [5.74, 6) is 0.938. The summed E-state index contributed by atoms with van der Waals surface area (Å²) in [6.07, 6.45) is 3.61. The molecule has 1 aliphatic carbocycles. The second-order valence-corrected chi connectivity index (χ2v) is 7.83. The number of fused-ring (bicyclic) bond motifs is 1. The van der Waals surface area contributed by atoms with Crippen LogP contribution in [-0.4, -0.2) is 51.1 Å². The number of hydrogen-bond donors (Lipinski definition) is 2. The van der Waals surface area contributed by atoms with Crippen molar-refractivity contribution in [2.24, 2.45) is 11.8 Å². The minimum atomic E-state index is -0.620. The minimum Gasteiger partial charge on any atom is -0.506 e. The standard InChI is InChI=1S/C21H24N2O3/c24-18-6-7-19(22-11-18)20(25)14-23-12-16-9-21(26,10-17(16)13-23)8-15-4-2-1-3-5-15/h1-7,11,16-17,24,26H,8-10,12-14H2. The van der Waals surface area contributed by atoms with Crippen LogP contribution in [-0.2, 0) is 6.42 Å². The highest BCUT2D eigenvalue weighted by atomic mass is 16.3. The molecule has 1 aromatic carbocycles. The second-order valence-electron chi connectivity index (χ2n) is 7.83. The van der Waals surface area contributed by atoms with Crippen LogP contribution in [0.5, 0.6) is 5.75 Å². The SMILES string of the molecule is O=C(CN1CC2CC(O)(Cc3ccccc3)CC2C1)c1ccc(O)cn1. The second kappa shape index (κ2) is 6.82. The third kappa shape index (κ3) is 3.64. The van der Waals surface area contributed by atoms with Gasteiger partial charge in [-0.15, -0.1) is 0 Å². The Hall–Kier alpha value is -2.24. The fourth-order valence-electron chi connectivity index (χ4n) is 4.64. The number of rotatable bonds is 5. The van der Waals surface area contributed by atoms with Crippen LogP contribution in [0.4, 0.5) is 0 Å². The molecule has 26 heavy (non-hydrogen) atoms. The van der Waals surface area contributed by atoms with Crippen molar-refractivity contribution in [3.63, 3.8) is 0 Å². The van der Waals surface area contributed by atoms with Crippen molar-refractivity contribution >= 4 is 5.78 Å². The van der Waals surface area contributed by atoms with Gasteiger partial charge in [0.1, 0.15) is 11.4 Å². The van der Waals surface area contributed by atoms with Crippen molar-refractivity contribution in [1.82, 2.24) is 9.88 Å². The normalized spacial score (nSPS) is 28.2. The van der Waals surface area contributed by atoms with Gasteiger partial charge in [-0.05, 0) is 42.4 Å². The van der Waals surface area contributed by atoms with Gasteiger partial charge in [0.25, 0.3) is 0 Å². The lowest BCUT2D eigenvalue weighted by molar-refractivity contribution is 0.0355. The van der Waals surface area contributed by atoms with Crippen molar-refractivity contribution in [2.75, 3.05) is 19.6 Å². The van der Waals surface area contributed by atoms with E-state index >= 15 is 0 Å². The summed E-state index contributed by atoms with van der Waals surface area (Å²) >= 11 is 0. The molecule has 0 spiro atoms. The Morgan fingerprint density at radius 3 is 2.42 bits per heavy atom. The zero-order chi connectivity index (χ0) is 18.1. The number of hydrogen-bond acceptors (Lipinski definition) is 5. The number of pyridine rings is 1. The first-order valence-electron chi connectivity index (χ1n) is 9.18. The minimum absolute atomic E-state index is 0.0236. The van der Waals surface area contributed by atoms with Crippen LogP contribution >= 0.6 is 0 Å². The van der Waals surface area contributed by atoms with Gasteiger partial charge in [0, 0.05) is 19.5 Å². The molecule has 1 aromatic heterocycles. The fourth-order valence-corrected chi connectivity index (χ4v) is 4.64. The molecule has 2 heterocycles. The van der Waals surface area contributed by atoms with E-state index in [9.17, 15) is 15.0 Å². The lowest BCUT2D eigenvalue weighted by Crippen LogP contribution is -2.34. The van der Waals surface area contributed by atoms with E-state index in [-0.39, 0.29) is 11.5 Å². The molecule has 1 aliphatic heterocycles. The molecule has 2 aliphatic rings. The van der Waals surface area contributed by atoms with Gasteiger partial charge in [0.2, 0.25) is 0 Å². The number of ketones is 1. The molecule has 136 valence electrons. The predicted molar refractivity (Wildman–Crippen MR) is 98.0 cm³/mol. The van der Waals surface area contributed by atoms with Gasteiger partial charge < -0.3 is 10.2 Å². The number of carbonyl (C=O) groups is 1. The molecule has 2 fully saturated rings. The number of aromatic nitrogens is 1. The Bertz CT molecular complexity index is 762. The van der Waals surface area contributed by atoms with Gasteiger partial charge in [-0.2, -0.15) is 0 Å². The fraction of sp³-hybridized carbons (Fsp3) is 0.429. The molecule has 0 bridgehead atoms. The van der Waals surface area contributed by atoms with Gasteiger partial charge in [-0.25, -0.2) is 4.98 Å². The van der Waals surface area contributed by atoms with E-state index in [4.69, 9.17) is 0 Å². The maximum absolute atomic E-state index is 12.4. The van der Waals surface area contributed by atoms with Crippen LogP contribution in [0.1, 0.15) is 28.9 Å². The lowest BCUT2D eigenvalue weighted by Gasteiger charge is -2.26. The van der Waals surface area contributed by atoms with Crippen LogP contribution < -0.4 is 0 Å². The molecular weight excluding hydrogens is 328 g/mol. The van der Waals surface area contributed by atoms with E-state index in [1.807, 2.05) is 18.2 Å². The van der Waals surface area contributed by atoms with Gasteiger partial charge in [-0.3, -0.25) is 9.69 Å². The quantitative estimate of drug-likeness (QED) is 0.808. The highest BCUT2D eigenvalue weighted by Crippen LogP contribution is 2.45. The lowest BCUT2D eigenvalue weighted by atomic mass is 9.91. The number of benzene rings is 1. The molecule has 2 unspecified atom stereocenters. The molecule has 1 saturated heterocycles. The summed E-state index contributed by atoms with van der Waals surface area (Å²) in [6, 6.07) is 13.2. The number of aromatic hydroxyl groups is 1. The molecule has 0 radical (unpaired) electrons. The van der Waals surface area contributed by atoms with Crippen molar-refractivity contribution in [3.8, 4) is 5.75 Å². The number of nitrogens with zero attached hydrogens (tertiary/aromatic N) is 2. The molecule has 2 aromatic rings. The smallest absolute Gasteiger partial charge is 0.195 e. The van der Waals surface area contributed by atoms with Crippen LogP contribution in [0.15, 0.2) is 48.7 Å². The molecule has 1 saturated carbocycles. The summed E-state index contributed by atoms with van der Waals surface area (Å²) in [5, 5.41) is 20.3. The molecule has 5 heteroatoms. The highest BCUT2D eigenvalue weighted by molar-refractivity contribution is 5.95. The Labute approximate surface area is 153 Å². The van der Waals surface area contributed by atoms with Gasteiger partial charge in [0.15, 0.2) is 5.78 Å². The summed E-state index contributed by atoms with van der Waals surface area (Å²) in [5.41, 5.74) is 0.950. The largest absolute Gasteiger partial charge is 0.506 e. The number of likely N-dealkylation sites (tertiary alicyclic amines) is 1. The summed E-state index contributed by atoms with van der Waals surface area (Å²) in [4.78, 5) is 18.5. The van der Waals surface area contributed by atoms with Crippen LogP contribution in [0.25, 0.3) is 0 Å². The van der Waals surface area contributed by atoms with Crippen molar-refractivity contribution in [1.29, 1.82) is 0 Å². The van der Waals surface area contributed by atoms with Crippen molar-refractivity contribution < 1.29 is 15.0 Å². The van der Waals surface area contributed by atoms with E-state index in [2.05, 4.69) is 22.0 Å². The Morgan fingerprint density at radius 1 is 1.12 bits per heavy atom. The predicted octanol–water partition coefficient (Wildman–Crippen LogP) is 2.29. The number of Topliss-reactive ketones (excluding diaryl/α,β-unsaturated/α-hetero) is 1. The number of carbonyl (C=O) groups excluding carboxylic acids is 1. The van der Waals surface area contributed by atoms with Crippen LogP contribution in [0, 0.1) is 11.8 Å². The maximum atomic E-state index is 12.4. The summed E-state index contributed by atoms with van der Waals surface area (Å²) in [6.45, 7) is 2.05. The van der Waals surface area contributed by atoms with E-state index < -0.39 is 5.60 Å². The molecular formula is C21H24N2O3. The Balaban J connectivity index is 1.33. The van der Waals surface area contributed by atoms with E-state index in [1.54, 1.807) is 6.07 Å². The van der Waals surface area contributed by atoms with E-state index in [0.29, 0.717) is 30.5 Å². The average molecular weight is 352 g/mol. The maximum Gasteiger partial charge on any atom is 0.195 e. The molecule has 2 atom stereocenters. The van der Waals surface area contributed by atoms with Crippen molar-refractivity contribution in [3.05, 3.63) is 59.9 Å². The first-order chi connectivity index (χ1) is 12.5. The van der Waals surface area contributed by atoms with Gasteiger partial charge >= 0.3 is 0 Å².